The fourth-order valence-corrected chi connectivity index (χ4v) is 2.90. The molecule has 25 heavy (non-hydrogen) atoms. The van der Waals surface area contributed by atoms with Gasteiger partial charge in [-0.2, -0.15) is 0 Å². The normalized spacial score (nSPS) is 16.0. The minimum Gasteiger partial charge on any atom is -0.548 e. The average Bonchev–Trinajstić information content (AvgIpc) is 2.60. The third kappa shape index (κ3) is 3.30. The maximum Gasteiger partial charge on any atom is 0.322 e. The molecule has 0 fully saturated rings. The van der Waals surface area contributed by atoms with E-state index in [1.54, 1.807) is 18.2 Å². The fourth-order valence-electron chi connectivity index (χ4n) is 2.90. The molecule has 0 aliphatic carbocycles. The van der Waals surface area contributed by atoms with E-state index in [0.717, 1.165) is 16.0 Å². The molecule has 128 valence electrons. The van der Waals surface area contributed by atoms with Crippen molar-refractivity contribution in [1.82, 2.24) is 4.90 Å². The number of amides is 2. The number of aliphatic carboxylic acids is 1. The van der Waals surface area contributed by atoms with Crippen LogP contribution in [0.15, 0.2) is 48.5 Å². The summed E-state index contributed by atoms with van der Waals surface area (Å²) < 4.78 is 0. The topological polar surface area (TPSA) is 113 Å². The summed E-state index contributed by atoms with van der Waals surface area (Å²) in [5.74, 6) is -2.80. The van der Waals surface area contributed by atoms with Crippen LogP contribution in [0.1, 0.15) is 21.5 Å². The van der Waals surface area contributed by atoms with Gasteiger partial charge in [-0.25, -0.2) is 4.79 Å². The molecule has 1 heterocycles. The molecule has 3 rings (SSSR count). The van der Waals surface area contributed by atoms with Gasteiger partial charge in [0.05, 0.1) is 23.7 Å². The molecule has 0 unspecified atom stereocenters. The summed E-state index contributed by atoms with van der Waals surface area (Å²) in [5, 5.41) is 25.1. The highest BCUT2D eigenvalue weighted by atomic mass is 16.4. The Bertz CT molecular complexity index is 849. The first-order valence-electron chi connectivity index (χ1n) is 7.63. The molecule has 2 aromatic rings. The van der Waals surface area contributed by atoms with E-state index in [0.29, 0.717) is 0 Å². The number of nitrogens with zero attached hydrogens (tertiary/aromatic N) is 1. The van der Waals surface area contributed by atoms with Gasteiger partial charge < -0.3 is 30.0 Å². The molecule has 2 aromatic carbocycles. The fraction of sp³-hybridized carbons (Fsp3) is 0.167. The van der Waals surface area contributed by atoms with Crippen molar-refractivity contribution in [1.29, 1.82) is 0 Å². The summed E-state index contributed by atoms with van der Waals surface area (Å²) in [6, 6.07) is 11.2. The monoisotopic (exact) mass is 338 g/mol. The third-order valence-corrected chi connectivity index (χ3v) is 4.17. The van der Waals surface area contributed by atoms with Crippen molar-refractivity contribution in [2.75, 3.05) is 5.32 Å². The van der Waals surface area contributed by atoms with Gasteiger partial charge in [-0.15, -0.1) is 0 Å². The lowest BCUT2D eigenvalue weighted by atomic mass is 9.94. The van der Waals surface area contributed by atoms with E-state index in [1.165, 1.54) is 18.2 Å². The van der Waals surface area contributed by atoms with Crippen LogP contribution in [-0.2, 0) is 17.8 Å². The number of carbonyl (C=O) groups excluding carboxylic acids is 3. The van der Waals surface area contributed by atoms with Crippen molar-refractivity contribution in [3.63, 3.8) is 0 Å². The first-order valence-corrected chi connectivity index (χ1v) is 7.63. The predicted octanol–water partition coefficient (Wildman–Crippen LogP) is -0.241. The number of urea groups is 1. The number of carboxylic acid groups (broad SMARTS) is 2. The first-order chi connectivity index (χ1) is 12.0. The largest absolute Gasteiger partial charge is 0.548 e. The maximum absolute atomic E-state index is 12.6. The Morgan fingerprint density at radius 3 is 2.28 bits per heavy atom. The molecule has 2 amide bonds. The number of fused-ring (bicyclic) bond motifs is 1. The van der Waals surface area contributed by atoms with Gasteiger partial charge in [0.1, 0.15) is 0 Å². The number of benzene rings is 2. The quantitative estimate of drug-likeness (QED) is 0.830. The van der Waals surface area contributed by atoms with Gasteiger partial charge in [0.25, 0.3) is 0 Å². The van der Waals surface area contributed by atoms with E-state index in [2.05, 4.69) is 5.32 Å². The van der Waals surface area contributed by atoms with Crippen LogP contribution in [0.25, 0.3) is 0 Å². The van der Waals surface area contributed by atoms with Crippen molar-refractivity contribution in [3.05, 3.63) is 65.2 Å². The Labute approximate surface area is 143 Å². The van der Waals surface area contributed by atoms with Gasteiger partial charge in [-0.05, 0) is 23.6 Å². The molecule has 1 aliphatic heterocycles. The molecule has 7 heteroatoms. The van der Waals surface area contributed by atoms with Gasteiger partial charge in [0, 0.05) is 12.1 Å². The van der Waals surface area contributed by atoms with Crippen LogP contribution in [0.5, 0.6) is 0 Å². The number of hydrogen-bond acceptors (Lipinski definition) is 5. The first kappa shape index (κ1) is 16.5. The summed E-state index contributed by atoms with van der Waals surface area (Å²) in [6.45, 7) is 0.0914. The number of rotatable bonds is 3. The number of carbonyl (C=O) groups is 3. The molecule has 0 saturated carbocycles. The predicted molar refractivity (Wildman–Crippen MR) is 84.3 cm³/mol. The zero-order valence-corrected chi connectivity index (χ0v) is 13.1. The van der Waals surface area contributed by atoms with Crippen LogP contribution in [0.4, 0.5) is 10.5 Å². The zero-order chi connectivity index (χ0) is 18.0. The molecule has 1 N–H and O–H groups in total. The van der Waals surface area contributed by atoms with Gasteiger partial charge >= 0.3 is 6.03 Å². The van der Waals surface area contributed by atoms with Crippen molar-refractivity contribution in [3.8, 4) is 0 Å². The molecule has 0 radical (unpaired) electrons. The molecule has 0 bridgehead atoms. The van der Waals surface area contributed by atoms with Gasteiger partial charge in [-0.3, -0.25) is 0 Å². The third-order valence-electron chi connectivity index (χ3n) is 4.17. The van der Waals surface area contributed by atoms with Crippen molar-refractivity contribution >= 4 is 23.7 Å². The van der Waals surface area contributed by atoms with Gasteiger partial charge in [0.2, 0.25) is 0 Å². The Morgan fingerprint density at radius 1 is 0.960 bits per heavy atom. The summed E-state index contributed by atoms with van der Waals surface area (Å²) in [7, 11) is 0. The molecule has 0 spiro atoms. The van der Waals surface area contributed by atoms with Crippen LogP contribution in [0.3, 0.4) is 0 Å². The van der Waals surface area contributed by atoms with E-state index < -0.39 is 24.0 Å². The number of carboxylic acids is 2. The molecule has 0 aromatic heterocycles. The lowest BCUT2D eigenvalue weighted by molar-refractivity contribution is -0.311. The minimum absolute atomic E-state index is 0.0449. The Morgan fingerprint density at radius 2 is 1.60 bits per heavy atom. The van der Waals surface area contributed by atoms with Crippen LogP contribution in [-0.4, -0.2) is 28.9 Å². The van der Waals surface area contributed by atoms with E-state index >= 15 is 0 Å². The smallest absolute Gasteiger partial charge is 0.322 e. The Balaban J connectivity index is 1.88. The Kier molecular flexibility index (Phi) is 4.38. The highest BCUT2D eigenvalue weighted by Gasteiger charge is 2.30. The summed E-state index contributed by atoms with van der Waals surface area (Å²) in [6.07, 6.45) is 0.133. The second-order valence-electron chi connectivity index (χ2n) is 5.70. The number of anilines is 1. The summed E-state index contributed by atoms with van der Waals surface area (Å²) in [5.41, 5.74) is 1.54. The maximum atomic E-state index is 12.6. The average molecular weight is 338 g/mol. The highest BCUT2D eigenvalue weighted by Crippen LogP contribution is 2.24. The van der Waals surface area contributed by atoms with Gasteiger partial charge in [0.15, 0.2) is 0 Å². The minimum atomic E-state index is -1.43. The standard InChI is InChI=1S/C18H16N2O5/c21-16(22)13-7-3-4-8-14(13)19-18(25)20-10-12-6-2-1-5-11(12)9-15(20)17(23)24/h1-8,15H,9-10H2,(H,19,25)(H,21,22)(H,23,24)/p-2/t15-/m0/s1. The number of hydrogen-bond donors (Lipinski definition) is 1. The van der Waals surface area contributed by atoms with E-state index in [1.807, 2.05) is 12.1 Å². The molecule has 1 aliphatic rings. The second-order valence-corrected chi connectivity index (χ2v) is 5.70. The SMILES string of the molecule is O=C([O-])c1ccccc1NC(=O)N1Cc2ccccc2C[C@H]1C(=O)[O-]. The zero-order valence-electron chi connectivity index (χ0n) is 13.1. The van der Waals surface area contributed by atoms with Crippen molar-refractivity contribution in [2.45, 2.75) is 19.0 Å². The number of aromatic carboxylic acids is 1. The number of para-hydroxylation sites is 1. The lowest BCUT2D eigenvalue weighted by Crippen LogP contribution is -2.54. The molecule has 7 nitrogen and oxygen atoms in total. The van der Waals surface area contributed by atoms with Crippen molar-refractivity contribution < 1.29 is 24.6 Å². The van der Waals surface area contributed by atoms with Crippen LogP contribution in [0, 0.1) is 0 Å². The second kappa shape index (κ2) is 6.64. The lowest BCUT2D eigenvalue weighted by Gasteiger charge is -2.37. The van der Waals surface area contributed by atoms with Crippen LogP contribution in [0.2, 0.25) is 0 Å². The molecular formula is C18H14N2O5-2. The van der Waals surface area contributed by atoms with Crippen LogP contribution < -0.4 is 15.5 Å². The Hall–Kier alpha value is -3.35. The highest BCUT2D eigenvalue weighted by molar-refractivity contribution is 6.00. The van der Waals surface area contributed by atoms with E-state index in [9.17, 15) is 24.6 Å². The van der Waals surface area contributed by atoms with Gasteiger partial charge in [-0.1, -0.05) is 42.5 Å². The number of nitrogens with one attached hydrogen (secondary N) is 1. The molecule has 1 atom stereocenters. The van der Waals surface area contributed by atoms with E-state index in [4.69, 9.17) is 0 Å². The molecule has 0 saturated heterocycles. The molecular weight excluding hydrogens is 324 g/mol. The summed E-state index contributed by atoms with van der Waals surface area (Å²) in [4.78, 5) is 36.3. The summed E-state index contributed by atoms with van der Waals surface area (Å²) >= 11 is 0. The van der Waals surface area contributed by atoms with E-state index in [-0.39, 0.29) is 24.2 Å². The van der Waals surface area contributed by atoms with Crippen LogP contribution >= 0.6 is 0 Å². The van der Waals surface area contributed by atoms with Crippen molar-refractivity contribution in [2.24, 2.45) is 0 Å².